The number of benzene rings is 1. The van der Waals surface area contributed by atoms with E-state index in [9.17, 15) is 14.4 Å². The molecule has 2 atom stereocenters. The maximum Gasteiger partial charge on any atom is 0.215 e. The number of nitriles is 1. The van der Waals surface area contributed by atoms with Crippen molar-refractivity contribution in [3.8, 4) is 23.3 Å². The van der Waals surface area contributed by atoms with Crippen LogP contribution in [0.2, 0.25) is 0 Å². The molecule has 4 rings (SSSR count). The Hall–Kier alpha value is -3.70. The van der Waals surface area contributed by atoms with Crippen molar-refractivity contribution in [2.75, 3.05) is 6.54 Å². The quantitative estimate of drug-likeness (QED) is 0.636. The van der Waals surface area contributed by atoms with Crippen LogP contribution in [0, 0.1) is 17.1 Å². The molecule has 0 amide bonds. The molecule has 31 heavy (non-hydrogen) atoms. The van der Waals surface area contributed by atoms with Crippen LogP contribution in [0.25, 0.3) is 11.4 Å². The van der Waals surface area contributed by atoms with Crippen molar-refractivity contribution < 1.29 is 13.9 Å². The number of nitrogens with one attached hydrogen (secondary N) is 1. The molecule has 3 heterocycles. The van der Waals surface area contributed by atoms with Gasteiger partial charge in [0.2, 0.25) is 11.7 Å². The summed E-state index contributed by atoms with van der Waals surface area (Å²) in [4.78, 5) is 26.5. The Balaban J connectivity index is 1.79. The molecule has 0 aliphatic carbocycles. The van der Waals surface area contributed by atoms with E-state index in [1.165, 1.54) is 30.5 Å². The van der Waals surface area contributed by atoms with Crippen LogP contribution < -0.4 is 10.1 Å². The van der Waals surface area contributed by atoms with Gasteiger partial charge in [-0.3, -0.25) is 4.79 Å². The van der Waals surface area contributed by atoms with E-state index in [0.717, 1.165) is 0 Å². The van der Waals surface area contributed by atoms with E-state index in [0.29, 0.717) is 29.8 Å². The van der Waals surface area contributed by atoms with Gasteiger partial charge in [0.15, 0.2) is 11.4 Å². The summed E-state index contributed by atoms with van der Waals surface area (Å²) in [6.07, 6.45) is 5.66. The second-order valence-electron chi connectivity index (χ2n) is 7.50. The van der Waals surface area contributed by atoms with Gasteiger partial charge in [-0.15, -0.1) is 0 Å². The van der Waals surface area contributed by atoms with Crippen LogP contribution >= 0.6 is 0 Å². The third-order valence-electron chi connectivity index (χ3n) is 5.33. The summed E-state index contributed by atoms with van der Waals surface area (Å²) in [6.45, 7) is 2.24. The molecular formula is C23H20FN5O2. The number of halogens is 1. The summed E-state index contributed by atoms with van der Waals surface area (Å²) < 4.78 is 20.3. The van der Waals surface area contributed by atoms with E-state index < -0.39 is 17.2 Å². The van der Waals surface area contributed by atoms with Gasteiger partial charge in [0.05, 0.1) is 11.6 Å². The molecular weight excluding hydrogens is 397 g/mol. The van der Waals surface area contributed by atoms with Crippen molar-refractivity contribution in [1.82, 2.24) is 20.3 Å². The first-order valence-corrected chi connectivity index (χ1v) is 9.91. The Morgan fingerprint density at radius 1 is 1.23 bits per heavy atom. The van der Waals surface area contributed by atoms with Crippen LogP contribution in [0.1, 0.15) is 35.7 Å². The van der Waals surface area contributed by atoms with Crippen LogP contribution in [-0.4, -0.2) is 38.9 Å². The lowest BCUT2D eigenvalue weighted by Gasteiger charge is -2.38. The molecule has 2 aromatic heterocycles. The molecule has 7 nitrogen and oxygen atoms in total. The summed E-state index contributed by atoms with van der Waals surface area (Å²) in [5.41, 5.74) is -0.384. The molecule has 0 bridgehead atoms. The number of carbonyl (C=O) groups is 1. The smallest absolute Gasteiger partial charge is 0.215 e. The van der Waals surface area contributed by atoms with Gasteiger partial charge in [-0.2, -0.15) is 5.26 Å². The molecule has 156 valence electrons. The van der Waals surface area contributed by atoms with Crippen LogP contribution in [0.3, 0.4) is 0 Å². The number of hydrogen-bond donors (Lipinski definition) is 1. The van der Waals surface area contributed by atoms with Crippen molar-refractivity contribution in [3.05, 3.63) is 71.9 Å². The van der Waals surface area contributed by atoms with E-state index in [2.05, 4.69) is 20.3 Å². The summed E-state index contributed by atoms with van der Waals surface area (Å²) in [5, 5.41) is 12.5. The zero-order valence-corrected chi connectivity index (χ0v) is 16.9. The van der Waals surface area contributed by atoms with Crippen molar-refractivity contribution in [2.24, 2.45) is 0 Å². The zero-order valence-electron chi connectivity index (χ0n) is 16.9. The lowest BCUT2D eigenvalue weighted by molar-refractivity contribution is 0.0264. The summed E-state index contributed by atoms with van der Waals surface area (Å²) in [5.74, 6) is -0.446. The van der Waals surface area contributed by atoms with Crippen molar-refractivity contribution in [3.63, 3.8) is 0 Å². The number of Topliss-reactive ketones (excluding diaryl/α,β-unsaturated/α-hetero) is 1. The van der Waals surface area contributed by atoms with Crippen molar-refractivity contribution in [1.29, 1.82) is 5.26 Å². The highest BCUT2D eigenvalue weighted by molar-refractivity contribution is 6.07. The van der Waals surface area contributed by atoms with E-state index in [-0.39, 0.29) is 24.0 Å². The fourth-order valence-electron chi connectivity index (χ4n) is 3.62. The number of ketones is 1. The Kier molecular flexibility index (Phi) is 5.69. The van der Waals surface area contributed by atoms with Gasteiger partial charge in [0, 0.05) is 48.4 Å². The molecule has 1 saturated heterocycles. The largest absolute Gasteiger partial charge is 0.461 e. The maximum atomic E-state index is 14.2. The van der Waals surface area contributed by atoms with Gasteiger partial charge in [-0.05, 0) is 50.1 Å². The Morgan fingerprint density at radius 2 is 2.03 bits per heavy atom. The maximum absolute atomic E-state index is 14.2. The molecule has 1 N–H and O–H groups in total. The monoisotopic (exact) mass is 417 g/mol. The van der Waals surface area contributed by atoms with Crippen LogP contribution in [0.4, 0.5) is 4.39 Å². The molecule has 0 saturated carbocycles. The van der Waals surface area contributed by atoms with Crippen molar-refractivity contribution in [2.45, 2.75) is 31.4 Å². The predicted molar refractivity (Wildman–Crippen MR) is 111 cm³/mol. The third kappa shape index (κ3) is 4.27. The van der Waals surface area contributed by atoms with Crippen LogP contribution in [0.15, 0.2) is 55.0 Å². The van der Waals surface area contributed by atoms with E-state index in [4.69, 9.17) is 4.74 Å². The number of pyridine rings is 1. The minimum absolute atomic E-state index is 0.138. The van der Waals surface area contributed by atoms with E-state index in [1.54, 1.807) is 24.5 Å². The standard InChI is InChI=1S/C23H20FN5O2/c1-15-5-7-23(14-29-15,31-20-11-16(13-25)6-10-26-20)21(30)19-12-17(24)3-4-18(19)22-27-8-2-9-28-22/h2-4,6,8-12,15,29H,5,7,14H2,1H3/t15-,23-/m1/s1. The van der Waals surface area contributed by atoms with Gasteiger partial charge in [0.25, 0.3) is 0 Å². The molecule has 1 fully saturated rings. The van der Waals surface area contributed by atoms with E-state index >= 15 is 0 Å². The fourth-order valence-corrected chi connectivity index (χ4v) is 3.62. The first kappa shape index (κ1) is 20.6. The molecule has 0 radical (unpaired) electrons. The van der Waals surface area contributed by atoms with Gasteiger partial charge in [-0.25, -0.2) is 19.3 Å². The number of carbonyl (C=O) groups excluding carboxylic acids is 1. The van der Waals surface area contributed by atoms with Crippen LogP contribution in [0.5, 0.6) is 5.88 Å². The molecule has 1 aliphatic heterocycles. The SMILES string of the molecule is C[C@@H]1CC[C@](Oc2cc(C#N)ccn2)(C(=O)c2cc(F)ccc2-c2ncccn2)CN1. The normalized spacial score (nSPS) is 20.6. The second-order valence-corrected chi connectivity index (χ2v) is 7.50. The number of aromatic nitrogens is 3. The number of hydrogen-bond acceptors (Lipinski definition) is 7. The summed E-state index contributed by atoms with van der Waals surface area (Å²) in [6, 6.07) is 10.9. The number of rotatable bonds is 5. The highest BCUT2D eigenvalue weighted by Gasteiger charge is 2.45. The Morgan fingerprint density at radius 3 is 2.74 bits per heavy atom. The topological polar surface area (TPSA) is 101 Å². The lowest BCUT2D eigenvalue weighted by atomic mass is 9.82. The average molecular weight is 417 g/mol. The van der Waals surface area contributed by atoms with Crippen LogP contribution in [-0.2, 0) is 0 Å². The van der Waals surface area contributed by atoms with Gasteiger partial charge in [-0.1, -0.05) is 0 Å². The number of piperidine rings is 1. The second kappa shape index (κ2) is 8.58. The number of nitrogens with zero attached hydrogens (tertiary/aromatic N) is 4. The van der Waals surface area contributed by atoms with Gasteiger partial charge in [0.1, 0.15) is 5.82 Å². The first-order chi connectivity index (χ1) is 15.0. The molecule has 3 aromatic rings. The highest BCUT2D eigenvalue weighted by atomic mass is 19.1. The number of ether oxygens (including phenoxy) is 1. The molecule has 1 aliphatic rings. The molecule has 8 heteroatoms. The highest BCUT2D eigenvalue weighted by Crippen LogP contribution is 2.32. The van der Waals surface area contributed by atoms with Gasteiger partial charge < -0.3 is 10.1 Å². The summed E-state index contributed by atoms with van der Waals surface area (Å²) >= 11 is 0. The molecule has 0 unspecified atom stereocenters. The predicted octanol–water partition coefficient (Wildman–Crippen LogP) is 3.32. The van der Waals surface area contributed by atoms with Crippen molar-refractivity contribution >= 4 is 5.78 Å². The minimum atomic E-state index is -1.31. The van der Waals surface area contributed by atoms with Gasteiger partial charge >= 0.3 is 0 Å². The Bertz CT molecular complexity index is 1140. The third-order valence-corrected chi connectivity index (χ3v) is 5.33. The zero-order chi connectivity index (χ0) is 21.8. The average Bonchev–Trinajstić information content (AvgIpc) is 2.81. The lowest BCUT2D eigenvalue weighted by Crippen LogP contribution is -2.58. The first-order valence-electron chi connectivity index (χ1n) is 9.91. The molecule has 1 aromatic carbocycles. The summed E-state index contributed by atoms with van der Waals surface area (Å²) in [7, 11) is 0. The van der Waals surface area contributed by atoms with E-state index in [1.807, 2.05) is 13.0 Å². The Labute approximate surface area is 179 Å². The molecule has 0 spiro atoms. The fraction of sp³-hybridized carbons (Fsp3) is 0.261. The minimum Gasteiger partial charge on any atom is -0.461 e.